The molecular formula is C26H37F3N6O2. The Morgan fingerprint density at radius 3 is 2.51 bits per heavy atom. The molecule has 204 valence electrons. The van der Waals surface area contributed by atoms with Gasteiger partial charge in [-0.1, -0.05) is 0 Å². The number of alkyl halides is 3. The van der Waals surface area contributed by atoms with E-state index in [2.05, 4.69) is 19.4 Å². The van der Waals surface area contributed by atoms with Crippen LogP contribution < -0.4 is 10.6 Å². The SMILES string of the molecule is NC(=O)CN1CCC(Cn2ccc3c(N(CC4CCC(C(F)(F)F)CC4)C4CCC4)ncnc32)C(O)C1. The summed E-state index contributed by atoms with van der Waals surface area (Å²) in [6, 6.07) is 2.38. The highest BCUT2D eigenvalue weighted by Gasteiger charge is 2.42. The normalized spacial score (nSPS) is 27.8. The maximum atomic E-state index is 13.2. The Morgan fingerprint density at radius 2 is 1.89 bits per heavy atom. The molecule has 2 saturated carbocycles. The predicted molar refractivity (Wildman–Crippen MR) is 134 cm³/mol. The third-order valence-electron chi connectivity index (χ3n) is 8.70. The number of aromatic nitrogens is 3. The van der Waals surface area contributed by atoms with Gasteiger partial charge in [0.25, 0.3) is 0 Å². The molecule has 1 aliphatic heterocycles. The number of β-amino-alcohol motifs (C(OH)–C–C–N with tert-alkyl or cyclic N) is 1. The van der Waals surface area contributed by atoms with Crippen LogP contribution in [0.2, 0.25) is 0 Å². The molecule has 3 aliphatic rings. The third kappa shape index (κ3) is 5.87. The molecule has 2 aromatic heterocycles. The molecule has 0 aromatic carbocycles. The number of aliphatic hydroxyl groups is 1. The van der Waals surface area contributed by atoms with Crippen molar-refractivity contribution < 1.29 is 23.1 Å². The van der Waals surface area contributed by atoms with E-state index in [1.807, 2.05) is 17.2 Å². The summed E-state index contributed by atoms with van der Waals surface area (Å²) in [6.45, 7) is 2.61. The topological polar surface area (TPSA) is 101 Å². The molecular weight excluding hydrogens is 485 g/mol. The first-order chi connectivity index (χ1) is 17.7. The van der Waals surface area contributed by atoms with Gasteiger partial charge in [-0.25, -0.2) is 9.97 Å². The number of amides is 1. The number of anilines is 1. The van der Waals surface area contributed by atoms with E-state index in [4.69, 9.17) is 5.73 Å². The van der Waals surface area contributed by atoms with Crippen molar-refractivity contribution in [3.63, 3.8) is 0 Å². The number of carbonyl (C=O) groups excluding carboxylic acids is 1. The number of nitrogens with two attached hydrogens (primary N) is 1. The van der Waals surface area contributed by atoms with Crippen LogP contribution in [0, 0.1) is 17.8 Å². The first-order valence-electron chi connectivity index (χ1n) is 13.5. The van der Waals surface area contributed by atoms with Gasteiger partial charge < -0.3 is 20.3 Å². The summed E-state index contributed by atoms with van der Waals surface area (Å²) in [5, 5.41) is 11.7. The van der Waals surface area contributed by atoms with E-state index in [0.29, 0.717) is 38.5 Å². The van der Waals surface area contributed by atoms with Crippen molar-refractivity contribution >= 4 is 22.8 Å². The van der Waals surface area contributed by atoms with Gasteiger partial charge in [-0.3, -0.25) is 9.69 Å². The molecule has 37 heavy (non-hydrogen) atoms. The van der Waals surface area contributed by atoms with Crippen molar-refractivity contribution in [1.29, 1.82) is 0 Å². The maximum absolute atomic E-state index is 13.2. The minimum Gasteiger partial charge on any atom is -0.391 e. The van der Waals surface area contributed by atoms with E-state index in [1.54, 1.807) is 6.33 Å². The quantitative estimate of drug-likeness (QED) is 0.552. The number of likely N-dealkylation sites (tertiary alicyclic amines) is 1. The summed E-state index contributed by atoms with van der Waals surface area (Å²) in [5.74, 6) is -0.436. The highest BCUT2D eigenvalue weighted by molar-refractivity contribution is 5.88. The summed E-state index contributed by atoms with van der Waals surface area (Å²) in [5.41, 5.74) is 6.11. The highest BCUT2D eigenvalue weighted by atomic mass is 19.4. The molecule has 11 heteroatoms. The van der Waals surface area contributed by atoms with Gasteiger partial charge >= 0.3 is 6.18 Å². The lowest BCUT2D eigenvalue weighted by Crippen LogP contribution is -2.47. The number of halogens is 3. The summed E-state index contributed by atoms with van der Waals surface area (Å²) < 4.78 is 41.5. The van der Waals surface area contributed by atoms with Crippen molar-refractivity contribution in [3.05, 3.63) is 18.6 Å². The fraction of sp³-hybridized carbons (Fsp3) is 0.731. The molecule has 5 rings (SSSR count). The van der Waals surface area contributed by atoms with Crippen LogP contribution in [0.1, 0.15) is 51.4 Å². The van der Waals surface area contributed by atoms with Gasteiger partial charge in [0.2, 0.25) is 5.91 Å². The second kappa shape index (κ2) is 10.8. The number of piperidine rings is 1. The van der Waals surface area contributed by atoms with Gasteiger partial charge in [0.1, 0.15) is 17.8 Å². The molecule has 3 heterocycles. The van der Waals surface area contributed by atoms with Crippen LogP contribution in [-0.2, 0) is 11.3 Å². The average molecular weight is 523 g/mol. The van der Waals surface area contributed by atoms with Crippen molar-refractivity contribution in [1.82, 2.24) is 19.4 Å². The van der Waals surface area contributed by atoms with Crippen molar-refractivity contribution in [2.45, 2.75) is 76.2 Å². The summed E-state index contributed by atoms with van der Waals surface area (Å²) in [6.07, 6.45) is 4.56. The number of carbonyl (C=O) groups is 1. The number of primary amides is 1. The van der Waals surface area contributed by atoms with E-state index < -0.39 is 24.1 Å². The fourth-order valence-electron chi connectivity index (χ4n) is 6.30. The zero-order valence-corrected chi connectivity index (χ0v) is 21.1. The molecule has 1 saturated heterocycles. The van der Waals surface area contributed by atoms with Crippen LogP contribution in [-0.4, -0.2) is 74.9 Å². The Labute approximate surface area is 215 Å². The van der Waals surface area contributed by atoms with Crippen LogP contribution in [0.4, 0.5) is 19.0 Å². The first kappa shape index (κ1) is 26.2. The van der Waals surface area contributed by atoms with E-state index in [0.717, 1.165) is 49.1 Å². The molecule has 2 atom stereocenters. The number of hydrogen-bond acceptors (Lipinski definition) is 6. The number of fused-ring (bicyclic) bond motifs is 1. The van der Waals surface area contributed by atoms with Crippen molar-refractivity contribution in [3.8, 4) is 0 Å². The molecule has 3 N–H and O–H groups in total. The Kier molecular flexibility index (Phi) is 7.63. The number of rotatable bonds is 8. The lowest BCUT2D eigenvalue weighted by molar-refractivity contribution is -0.183. The van der Waals surface area contributed by atoms with Crippen molar-refractivity contribution in [2.24, 2.45) is 23.5 Å². The van der Waals surface area contributed by atoms with Crippen LogP contribution >= 0.6 is 0 Å². The van der Waals surface area contributed by atoms with E-state index in [-0.39, 0.29) is 31.2 Å². The zero-order chi connectivity index (χ0) is 26.2. The fourth-order valence-corrected chi connectivity index (χ4v) is 6.30. The minimum atomic E-state index is -4.09. The van der Waals surface area contributed by atoms with Gasteiger partial charge in [0.15, 0.2) is 0 Å². The summed E-state index contributed by atoms with van der Waals surface area (Å²) in [7, 11) is 0. The van der Waals surface area contributed by atoms with Crippen LogP contribution in [0.5, 0.6) is 0 Å². The second-order valence-corrected chi connectivity index (χ2v) is 11.2. The van der Waals surface area contributed by atoms with Gasteiger partial charge in [0.05, 0.1) is 24.0 Å². The number of aliphatic hydroxyl groups excluding tert-OH is 1. The molecule has 0 bridgehead atoms. The molecule has 8 nitrogen and oxygen atoms in total. The molecule has 2 aliphatic carbocycles. The van der Waals surface area contributed by atoms with Gasteiger partial charge in [-0.05, 0) is 69.9 Å². The zero-order valence-electron chi connectivity index (χ0n) is 21.1. The van der Waals surface area contributed by atoms with E-state index in [1.165, 1.54) is 0 Å². The number of nitrogens with zero attached hydrogens (tertiary/aromatic N) is 5. The molecule has 2 unspecified atom stereocenters. The van der Waals surface area contributed by atoms with Gasteiger partial charge in [0, 0.05) is 37.8 Å². The minimum absolute atomic E-state index is 0.0321. The first-order valence-corrected chi connectivity index (χ1v) is 13.5. The van der Waals surface area contributed by atoms with Crippen LogP contribution in [0.15, 0.2) is 18.6 Å². The van der Waals surface area contributed by atoms with E-state index >= 15 is 0 Å². The summed E-state index contributed by atoms with van der Waals surface area (Å²) >= 11 is 0. The molecule has 2 aromatic rings. The molecule has 1 amide bonds. The monoisotopic (exact) mass is 522 g/mol. The average Bonchev–Trinajstić information content (AvgIpc) is 3.21. The van der Waals surface area contributed by atoms with E-state index in [9.17, 15) is 23.1 Å². The predicted octanol–water partition coefficient (Wildman–Crippen LogP) is 3.33. The Bertz CT molecular complexity index is 1080. The molecule has 0 spiro atoms. The molecule has 3 fully saturated rings. The lowest BCUT2D eigenvalue weighted by atomic mass is 9.80. The molecule has 0 radical (unpaired) electrons. The third-order valence-corrected chi connectivity index (χ3v) is 8.70. The highest BCUT2D eigenvalue weighted by Crippen LogP contribution is 2.41. The largest absolute Gasteiger partial charge is 0.391 e. The summed E-state index contributed by atoms with van der Waals surface area (Å²) in [4.78, 5) is 24.7. The van der Waals surface area contributed by atoms with Crippen molar-refractivity contribution in [2.75, 3.05) is 31.1 Å². The van der Waals surface area contributed by atoms with Gasteiger partial charge in [-0.2, -0.15) is 13.2 Å². The Hall–Kier alpha value is -2.40. The Balaban J connectivity index is 1.30. The maximum Gasteiger partial charge on any atom is 0.391 e. The standard InChI is InChI=1S/C26H37F3N6O2/c27-26(28,29)19-6-4-17(5-7-19)12-35(20-2-1-3-20)25-21-9-11-34(24(21)31-16-32-25)13-18-8-10-33(14-22(18)36)15-23(30)37/h9,11,16-20,22,36H,1-8,10,12-15H2,(H2,30,37). The van der Waals surface area contributed by atoms with Gasteiger partial charge in [-0.15, -0.1) is 0 Å². The Morgan fingerprint density at radius 1 is 1.14 bits per heavy atom. The lowest BCUT2D eigenvalue weighted by Gasteiger charge is -2.42. The number of hydrogen-bond donors (Lipinski definition) is 2. The second-order valence-electron chi connectivity index (χ2n) is 11.2. The van der Waals surface area contributed by atoms with Crippen LogP contribution in [0.25, 0.3) is 11.0 Å². The smallest absolute Gasteiger partial charge is 0.391 e. The van der Waals surface area contributed by atoms with Crippen LogP contribution in [0.3, 0.4) is 0 Å².